The molecule has 0 amide bonds. The third-order valence-corrected chi connectivity index (χ3v) is 8.12. The molecule has 0 aromatic heterocycles. The molecular formula is C30H34F3NO6S. The molecule has 41 heavy (non-hydrogen) atoms. The van der Waals surface area contributed by atoms with Crippen molar-refractivity contribution in [1.82, 2.24) is 4.90 Å². The summed E-state index contributed by atoms with van der Waals surface area (Å²) in [4.78, 5) is 11.6. The Bertz CT molecular complexity index is 1300. The number of hydrogen-bond donors (Lipinski definition) is 2. The number of carboxylic acid groups (broad SMARTS) is 1. The Morgan fingerprint density at radius 1 is 0.902 bits per heavy atom. The highest BCUT2D eigenvalue weighted by atomic mass is 32.2. The van der Waals surface area contributed by atoms with Gasteiger partial charge < -0.3 is 19.8 Å². The molecular weight excluding hydrogens is 559 g/mol. The molecule has 2 N–H and O–H groups in total. The monoisotopic (exact) mass is 593 g/mol. The Morgan fingerprint density at radius 3 is 1.78 bits per heavy atom. The first-order valence-corrected chi connectivity index (χ1v) is 15.0. The normalized spacial score (nSPS) is 15.0. The summed E-state index contributed by atoms with van der Waals surface area (Å²) < 4.78 is 60.7. The van der Waals surface area contributed by atoms with E-state index in [1.165, 1.54) is 6.26 Å². The van der Waals surface area contributed by atoms with E-state index >= 15 is 0 Å². The Balaban J connectivity index is 0.000000587. The van der Waals surface area contributed by atoms with Crippen LogP contribution in [0.25, 0.3) is 0 Å². The molecule has 7 nitrogen and oxygen atoms in total. The minimum absolute atomic E-state index is 0.151. The number of aliphatic carboxylic acids is 1. The summed E-state index contributed by atoms with van der Waals surface area (Å²) in [5.74, 6) is -1.92. The third kappa shape index (κ3) is 9.04. The van der Waals surface area contributed by atoms with Gasteiger partial charge in [-0.3, -0.25) is 0 Å². The van der Waals surface area contributed by atoms with E-state index < -0.39 is 27.6 Å². The van der Waals surface area contributed by atoms with Gasteiger partial charge in [0.15, 0.2) is 9.84 Å². The Hall–Kier alpha value is -3.41. The van der Waals surface area contributed by atoms with Gasteiger partial charge in [-0.25, -0.2) is 13.2 Å². The number of aliphatic hydroxyl groups is 1. The van der Waals surface area contributed by atoms with Gasteiger partial charge in [-0.05, 0) is 73.7 Å². The van der Waals surface area contributed by atoms with Crippen LogP contribution < -0.4 is 4.74 Å². The average molecular weight is 594 g/mol. The van der Waals surface area contributed by atoms with Crippen molar-refractivity contribution in [2.45, 2.75) is 35.9 Å². The van der Waals surface area contributed by atoms with Crippen LogP contribution in [0.4, 0.5) is 13.2 Å². The Kier molecular flexibility index (Phi) is 10.9. The summed E-state index contributed by atoms with van der Waals surface area (Å²) in [5.41, 5.74) is 0.917. The molecule has 1 aliphatic rings. The van der Waals surface area contributed by atoms with Crippen molar-refractivity contribution in [3.8, 4) is 5.75 Å². The molecule has 11 heteroatoms. The molecule has 1 saturated heterocycles. The summed E-state index contributed by atoms with van der Waals surface area (Å²) in [6.07, 6.45) is -1.14. The van der Waals surface area contributed by atoms with Crippen molar-refractivity contribution in [1.29, 1.82) is 0 Å². The molecule has 222 valence electrons. The van der Waals surface area contributed by atoms with Gasteiger partial charge in [0.25, 0.3) is 0 Å². The number of sulfone groups is 1. The van der Waals surface area contributed by atoms with Crippen molar-refractivity contribution in [2.75, 3.05) is 32.5 Å². The van der Waals surface area contributed by atoms with E-state index in [9.17, 15) is 26.7 Å². The first-order valence-electron chi connectivity index (χ1n) is 13.1. The zero-order chi connectivity index (χ0) is 30.1. The molecule has 0 unspecified atom stereocenters. The van der Waals surface area contributed by atoms with E-state index in [4.69, 9.17) is 14.6 Å². The van der Waals surface area contributed by atoms with E-state index in [2.05, 4.69) is 4.90 Å². The molecule has 3 aromatic carbocycles. The number of benzene rings is 3. The van der Waals surface area contributed by atoms with Crippen molar-refractivity contribution >= 4 is 15.8 Å². The molecule has 1 heterocycles. The number of halogens is 3. The van der Waals surface area contributed by atoms with Crippen LogP contribution in [0.15, 0.2) is 89.8 Å². The van der Waals surface area contributed by atoms with E-state index in [1.54, 1.807) is 24.3 Å². The second kappa shape index (κ2) is 14.0. The van der Waals surface area contributed by atoms with Crippen molar-refractivity contribution in [2.24, 2.45) is 5.92 Å². The first-order chi connectivity index (χ1) is 19.3. The second-order valence-electron chi connectivity index (χ2n) is 9.86. The number of ether oxygens (including phenoxy) is 1. The SMILES string of the molecule is CS(=O)(=O)c1ccc(OCCCN2CCC(C(O)(c3ccccc3)c3ccccc3)CC2)cc1.O=C(O)C(F)(F)F. The van der Waals surface area contributed by atoms with Crippen molar-refractivity contribution < 1.29 is 41.3 Å². The molecule has 0 bridgehead atoms. The predicted octanol–water partition coefficient (Wildman–Crippen LogP) is 5.14. The lowest BCUT2D eigenvalue weighted by Crippen LogP contribution is -2.44. The number of nitrogens with zero attached hydrogens (tertiary/aromatic N) is 1. The highest BCUT2D eigenvalue weighted by molar-refractivity contribution is 7.90. The van der Waals surface area contributed by atoms with Gasteiger partial charge in [-0.2, -0.15) is 13.2 Å². The lowest BCUT2D eigenvalue weighted by atomic mass is 9.72. The zero-order valence-electron chi connectivity index (χ0n) is 22.6. The molecule has 0 spiro atoms. The maximum atomic E-state index is 12.0. The van der Waals surface area contributed by atoms with Crippen LogP contribution in [-0.4, -0.2) is 68.2 Å². The van der Waals surface area contributed by atoms with Gasteiger partial charge in [0.2, 0.25) is 0 Å². The number of carboxylic acids is 1. The summed E-state index contributed by atoms with van der Waals surface area (Å²) in [7, 11) is -3.19. The van der Waals surface area contributed by atoms with E-state index in [0.29, 0.717) is 17.3 Å². The van der Waals surface area contributed by atoms with Gasteiger partial charge in [-0.1, -0.05) is 60.7 Å². The fourth-order valence-corrected chi connectivity index (χ4v) is 5.49. The third-order valence-electron chi connectivity index (χ3n) is 6.99. The first kappa shape index (κ1) is 32.1. The van der Waals surface area contributed by atoms with E-state index in [-0.39, 0.29) is 5.92 Å². The maximum Gasteiger partial charge on any atom is 0.490 e. The number of likely N-dealkylation sites (tertiary alicyclic amines) is 1. The highest BCUT2D eigenvalue weighted by Gasteiger charge is 2.41. The summed E-state index contributed by atoms with van der Waals surface area (Å²) in [5, 5.41) is 19.1. The zero-order valence-corrected chi connectivity index (χ0v) is 23.4. The standard InChI is InChI=1S/C28H33NO4S.C2HF3O2/c1-34(31,32)27-15-13-26(14-16-27)33-22-8-19-29-20-17-25(18-21-29)28(30,23-9-4-2-5-10-23)24-11-6-3-7-12-24;3-2(4,5)1(6)7/h2-7,9-16,25,30H,8,17-22H2,1H3;(H,6,7). The van der Waals surface area contributed by atoms with Crippen molar-refractivity contribution in [3.63, 3.8) is 0 Å². The molecule has 1 fully saturated rings. The van der Waals surface area contributed by atoms with Gasteiger partial charge in [0.1, 0.15) is 11.4 Å². The molecule has 3 aromatic rings. The van der Waals surface area contributed by atoms with Crippen molar-refractivity contribution in [3.05, 3.63) is 96.1 Å². The number of alkyl halides is 3. The Labute approximate surface area is 238 Å². The van der Waals surface area contributed by atoms with E-state index in [1.807, 2.05) is 60.7 Å². The predicted molar refractivity (Wildman–Crippen MR) is 148 cm³/mol. The summed E-state index contributed by atoms with van der Waals surface area (Å²) >= 11 is 0. The summed E-state index contributed by atoms with van der Waals surface area (Å²) in [6.45, 7) is 3.39. The van der Waals surface area contributed by atoms with Crippen LogP contribution in [0.1, 0.15) is 30.4 Å². The molecule has 0 aliphatic carbocycles. The topological polar surface area (TPSA) is 104 Å². The fraction of sp³-hybridized carbons (Fsp3) is 0.367. The summed E-state index contributed by atoms with van der Waals surface area (Å²) in [6, 6.07) is 26.6. The van der Waals surface area contributed by atoms with Crippen LogP contribution in [0.5, 0.6) is 5.75 Å². The van der Waals surface area contributed by atoms with Crippen LogP contribution in [0.2, 0.25) is 0 Å². The average Bonchev–Trinajstić information content (AvgIpc) is 2.96. The van der Waals surface area contributed by atoms with Gasteiger partial charge >= 0.3 is 12.1 Å². The smallest absolute Gasteiger partial charge is 0.490 e. The molecule has 0 radical (unpaired) electrons. The van der Waals surface area contributed by atoms with Crippen LogP contribution in [0.3, 0.4) is 0 Å². The fourth-order valence-electron chi connectivity index (χ4n) is 4.86. The minimum Gasteiger partial charge on any atom is -0.494 e. The van der Waals surface area contributed by atoms with Crippen LogP contribution in [-0.2, 0) is 20.2 Å². The lowest BCUT2D eigenvalue weighted by molar-refractivity contribution is -0.192. The number of piperidine rings is 1. The highest BCUT2D eigenvalue weighted by Crippen LogP contribution is 2.41. The van der Waals surface area contributed by atoms with Gasteiger partial charge in [-0.15, -0.1) is 0 Å². The maximum absolute atomic E-state index is 12.0. The molecule has 0 saturated carbocycles. The second-order valence-corrected chi connectivity index (χ2v) is 11.9. The molecule has 0 atom stereocenters. The quantitative estimate of drug-likeness (QED) is 0.331. The minimum atomic E-state index is -5.08. The molecule has 1 aliphatic heterocycles. The van der Waals surface area contributed by atoms with E-state index in [0.717, 1.165) is 50.0 Å². The van der Waals surface area contributed by atoms with Crippen LogP contribution >= 0.6 is 0 Å². The largest absolute Gasteiger partial charge is 0.494 e. The van der Waals surface area contributed by atoms with Crippen LogP contribution in [0, 0.1) is 5.92 Å². The lowest BCUT2D eigenvalue weighted by Gasteiger charge is -2.42. The number of rotatable bonds is 9. The number of carbonyl (C=O) groups is 1. The van der Waals surface area contributed by atoms with Gasteiger partial charge in [0, 0.05) is 12.8 Å². The molecule has 4 rings (SSSR count). The van der Waals surface area contributed by atoms with Gasteiger partial charge in [0.05, 0.1) is 11.5 Å². The number of hydrogen-bond acceptors (Lipinski definition) is 6. The Morgan fingerprint density at radius 2 is 1.37 bits per heavy atom.